The van der Waals surface area contributed by atoms with E-state index in [0.717, 1.165) is 22.8 Å². The van der Waals surface area contributed by atoms with Crippen LogP contribution >= 0.6 is 23.8 Å². The van der Waals surface area contributed by atoms with E-state index in [4.69, 9.17) is 28.6 Å². The Morgan fingerprint density at radius 1 is 1.00 bits per heavy atom. The summed E-state index contributed by atoms with van der Waals surface area (Å²) in [4.78, 5) is 6.75. The Kier molecular flexibility index (Phi) is 5.79. The van der Waals surface area contributed by atoms with Gasteiger partial charge in [-0.2, -0.15) is 0 Å². The van der Waals surface area contributed by atoms with Gasteiger partial charge in [0.05, 0.1) is 23.9 Å². The van der Waals surface area contributed by atoms with Gasteiger partial charge in [-0.05, 0) is 73.7 Å². The van der Waals surface area contributed by atoms with Gasteiger partial charge in [-0.15, -0.1) is 0 Å². The largest absolute Gasteiger partial charge is 0.495 e. The van der Waals surface area contributed by atoms with Gasteiger partial charge in [0, 0.05) is 29.5 Å². The van der Waals surface area contributed by atoms with Crippen LogP contribution in [0.5, 0.6) is 5.75 Å². The zero-order valence-electron chi connectivity index (χ0n) is 18.3. The molecule has 2 aromatic carbocycles. The van der Waals surface area contributed by atoms with E-state index < -0.39 is 0 Å². The molecule has 7 heteroatoms. The number of nitrogens with one attached hydrogen (secondary N) is 1. The van der Waals surface area contributed by atoms with Gasteiger partial charge in [0.15, 0.2) is 5.11 Å². The molecule has 0 radical (unpaired) electrons. The van der Waals surface area contributed by atoms with Crippen molar-refractivity contribution in [3.05, 3.63) is 107 Å². The quantitative estimate of drug-likeness (QED) is 0.358. The van der Waals surface area contributed by atoms with E-state index in [0.29, 0.717) is 15.9 Å². The van der Waals surface area contributed by atoms with Crippen LogP contribution in [0, 0.1) is 6.92 Å². The molecule has 1 aliphatic rings. The second-order valence-corrected chi connectivity index (χ2v) is 8.75. The lowest BCUT2D eigenvalue weighted by Gasteiger charge is -2.29. The second kappa shape index (κ2) is 8.89. The van der Waals surface area contributed by atoms with Gasteiger partial charge in [0.1, 0.15) is 11.8 Å². The highest BCUT2D eigenvalue weighted by molar-refractivity contribution is 7.80. The highest BCUT2D eigenvalue weighted by Gasteiger charge is 2.42. The fraction of sp³-hybridized carbons (Fsp3) is 0.154. The predicted molar refractivity (Wildman–Crippen MR) is 136 cm³/mol. The van der Waals surface area contributed by atoms with E-state index in [2.05, 4.69) is 69.3 Å². The lowest BCUT2D eigenvalue weighted by molar-refractivity contribution is 0.415. The van der Waals surface area contributed by atoms with Gasteiger partial charge in [0.25, 0.3) is 0 Å². The summed E-state index contributed by atoms with van der Waals surface area (Å²) in [5.74, 6) is 0.624. The number of aryl methyl sites for hydroxylation is 1. The van der Waals surface area contributed by atoms with E-state index in [1.165, 1.54) is 5.56 Å². The van der Waals surface area contributed by atoms with Crippen molar-refractivity contribution in [2.24, 2.45) is 0 Å². The third-order valence-corrected chi connectivity index (χ3v) is 6.52. The molecular formula is C26H23ClN4OS. The Morgan fingerprint density at radius 3 is 2.48 bits per heavy atom. The van der Waals surface area contributed by atoms with Crippen LogP contribution in [0.4, 0.5) is 5.69 Å². The lowest BCUT2D eigenvalue weighted by Crippen LogP contribution is -2.30. The third kappa shape index (κ3) is 3.96. The summed E-state index contributed by atoms with van der Waals surface area (Å²) in [6, 6.07) is 24.1. The third-order valence-electron chi connectivity index (χ3n) is 5.91. The van der Waals surface area contributed by atoms with Crippen molar-refractivity contribution in [1.82, 2.24) is 14.9 Å². The zero-order valence-corrected chi connectivity index (χ0v) is 19.8. The van der Waals surface area contributed by atoms with Crippen molar-refractivity contribution >= 4 is 34.6 Å². The maximum Gasteiger partial charge on any atom is 0.174 e. The monoisotopic (exact) mass is 474 g/mol. The molecule has 4 aromatic rings. The summed E-state index contributed by atoms with van der Waals surface area (Å²) in [5, 5.41) is 4.65. The van der Waals surface area contributed by atoms with Gasteiger partial charge in [-0.25, -0.2) is 0 Å². The molecule has 1 fully saturated rings. The van der Waals surface area contributed by atoms with Crippen LogP contribution in [-0.2, 0) is 0 Å². The van der Waals surface area contributed by atoms with Crippen molar-refractivity contribution in [1.29, 1.82) is 0 Å². The lowest BCUT2D eigenvalue weighted by atomic mass is 10.0. The molecule has 0 amide bonds. The average Bonchev–Trinajstić information content (AvgIpc) is 3.44. The number of methoxy groups -OCH3 is 1. The minimum Gasteiger partial charge on any atom is -0.495 e. The molecule has 1 aliphatic heterocycles. The standard InChI is InChI=1S/C26H23ClN4OS/c1-17-8-10-18(11-9-17)30-15-5-7-22(30)25-24(21-6-3-4-14-28-21)29-26(33)31(25)19-12-13-23(32-2)20(27)16-19/h3-16,24-25H,1-2H3,(H,29,33)/t24-,25+/m0/s1. The van der Waals surface area contributed by atoms with E-state index >= 15 is 0 Å². The summed E-state index contributed by atoms with van der Waals surface area (Å²) < 4.78 is 7.55. The van der Waals surface area contributed by atoms with Gasteiger partial charge in [-0.3, -0.25) is 4.98 Å². The average molecular weight is 475 g/mol. The molecule has 0 saturated carbocycles. The molecule has 2 atom stereocenters. The van der Waals surface area contributed by atoms with E-state index in [-0.39, 0.29) is 12.1 Å². The highest BCUT2D eigenvalue weighted by Crippen LogP contribution is 2.43. The summed E-state index contributed by atoms with van der Waals surface area (Å²) in [7, 11) is 1.61. The number of halogens is 1. The molecule has 5 rings (SSSR count). The Labute approximate surface area is 203 Å². The number of hydrogen-bond acceptors (Lipinski definition) is 3. The first kappa shape index (κ1) is 21.5. The van der Waals surface area contributed by atoms with Crippen molar-refractivity contribution in [3.63, 3.8) is 0 Å². The molecule has 1 N–H and O–H groups in total. The Morgan fingerprint density at radius 2 is 1.79 bits per heavy atom. The Bertz CT molecular complexity index is 1290. The van der Waals surface area contributed by atoms with Gasteiger partial charge < -0.3 is 19.5 Å². The van der Waals surface area contributed by atoms with Crippen LogP contribution in [0.25, 0.3) is 5.69 Å². The molecule has 0 bridgehead atoms. The first-order valence-electron chi connectivity index (χ1n) is 10.7. The van der Waals surface area contributed by atoms with Crippen LogP contribution in [0.3, 0.4) is 0 Å². The summed E-state index contributed by atoms with van der Waals surface area (Å²) in [6.45, 7) is 2.09. The van der Waals surface area contributed by atoms with Crippen molar-refractivity contribution in [2.45, 2.75) is 19.0 Å². The van der Waals surface area contributed by atoms with E-state index in [1.807, 2.05) is 42.6 Å². The SMILES string of the molecule is COc1ccc(N2C(=S)N[C@@H](c3ccccn3)[C@H]2c2cccn2-c2ccc(C)cc2)cc1Cl. The van der Waals surface area contributed by atoms with Crippen molar-refractivity contribution in [3.8, 4) is 11.4 Å². The predicted octanol–water partition coefficient (Wildman–Crippen LogP) is 6.02. The molecule has 3 heterocycles. The molecular weight excluding hydrogens is 452 g/mol. The topological polar surface area (TPSA) is 42.3 Å². The normalized spacial score (nSPS) is 17.8. The molecule has 0 unspecified atom stereocenters. The number of ether oxygens (including phenoxy) is 1. The number of anilines is 1. The molecule has 0 aliphatic carbocycles. The molecule has 166 valence electrons. The van der Waals surface area contributed by atoms with E-state index in [1.54, 1.807) is 7.11 Å². The number of nitrogens with zero attached hydrogens (tertiary/aromatic N) is 3. The molecule has 0 spiro atoms. The fourth-order valence-corrected chi connectivity index (χ4v) is 4.91. The van der Waals surface area contributed by atoms with Gasteiger partial charge in [-0.1, -0.05) is 35.4 Å². The molecule has 1 saturated heterocycles. The van der Waals surface area contributed by atoms with Crippen LogP contribution in [0.2, 0.25) is 5.02 Å². The maximum atomic E-state index is 6.49. The first-order chi connectivity index (χ1) is 16.1. The van der Waals surface area contributed by atoms with Crippen LogP contribution in [-0.4, -0.2) is 21.8 Å². The number of pyridine rings is 1. The number of hydrogen-bond donors (Lipinski definition) is 1. The van der Waals surface area contributed by atoms with Gasteiger partial charge >= 0.3 is 0 Å². The number of aromatic nitrogens is 2. The Hall–Kier alpha value is -3.35. The number of rotatable bonds is 5. The highest BCUT2D eigenvalue weighted by atomic mass is 35.5. The molecule has 5 nitrogen and oxygen atoms in total. The van der Waals surface area contributed by atoms with Crippen molar-refractivity contribution in [2.75, 3.05) is 12.0 Å². The minimum atomic E-state index is -0.145. The van der Waals surface area contributed by atoms with Crippen LogP contribution < -0.4 is 15.0 Å². The fourth-order valence-electron chi connectivity index (χ4n) is 4.31. The summed E-state index contributed by atoms with van der Waals surface area (Å²) in [5.41, 5.74) is 5.21. The molecule has 2 aromatic heterocycles. The van der Waals surface area contributed by atoms with Crippen LogP contribution in [0.15, 0.2) is 85.2 Å². The Balaban J connectivity index is 1.66. The van der Waals surface area contributed by atoms with Gasteiger partial charge in [0.2, 0.25) is 0 Å². The zero-order chi connectivity index (χ0) is 22.9. The van der Waals surface area contributed by atoms with E-state index in [9.17, 15) is 0 Å². The summed E-state index contributed by atoms with van der Waals surface area (Å²) >= 11 is 12.3. The molecule has 33 heavy (non-hydrogen) atoms. The second-order valence-electron chi connectivity index (χ2n) is 7.95. The first-order valence-corrected chi connectivity index (χ1v) is 11.4. The smallest absolute Gasteiger partial charge is 0.174 e. The maximum absolute atomic E-state index is 6.49. The van der Waals surface area contributed by atoms with Crippen LogP contribution in [0.1, 0.15) is 29.0 Å². The minimum absolute atomic E-state index is 0.140. The number of benzene rings is 2. The van der Waals surface area contributed by atoms with Crippen molar-refractivity contribution < 1.29 is 4.74 Å². The summed E-state index contributed by atoms with van der Waals surface area (Å²) in [6.07, 6.45) is 3.89. The number of thiocarbonyl (C=S) groups is 1.